The van der Waals surface area contributed by atoms with E-state index >= 15 is 0 Å². The highest BCUT2D eigenvalue weighted by atomic mass is 16.5. The van der Waals surface area contributed by atoms with Gasteiger partial charge >= 0.3 is 0 Å². The molecule has 14 heavy (non-hydrogen) atoms. The van der Waals surface area contributed by atoms with E-state index < -0.39 is 0 Å². The van der Waals surface area contributed by atoms with E-state index in [4.69, 9.17) is 9.47 Å². The van der Waals surface area contributed by atoms with Gasteiger partial charge in [0.2, 0.25) is 0 Å². The van der Waals surface area contributed by atoms with E-state index in [1.807, 2.05) is 0 Å². The van der Waals surface area contributed by atoms with Crippen LogP contribution in [-0.4, -0.2) is 25.4 Å². The predicted molar refractivity (Wildman–Crippen MR) is 58.4 cm³/mol. The van der Waals surface area contributed by atoms with Crippen LogP contribution >= 0.6 is 0 Å². The molecule has 0 aliphatic heterocycles. The smallest absolute Gasteiger partial charge is 0.0883 e. The molecule has 0 amide bonds. The van der Waals surface area contributed by atoms with Crippen LogP contribution in [0.25, 0.3) is 0 Å². The minimum Gasteiger partial charge on any atom is -0.374 e. The van der Waals surface area contributed by atoms with Gasteiger partial charge in [-0.25, -0.2) is 0 Å². The summed E-state index contributed by atoms with van der Waals surface area (Å²) in [5.41, 5.74) is -0.186. The summed E-state index contributed by atoms with van der Waals surface area (Å²) in [6.45, 7) is 6.51. The normalized spacial score (nSPS) is 37.9. The summed E-state index contributed by atoms with van der Waals surface area (Å²) in [5.74, 6) is 0.505. The zero-order valence-corrected chi connectivity index (χ0v) is 9.96. The molecule has 1 aliphatic rings. The molecule has 1 aliphatic carbocycles. The third-order valence-corrected chi connectivity index (χ3v) is 3.55. The molecule has 0 saturated heterocycles. The molecule has 0 aromatic rings. The summed E-state index contributed by atoms with van der Waals surface area (Å²) >= 11 is 0. The highest BCUT2D eigenvalue weighted by molar-refractivity contribution is 5.15. The van der Waals surface area contributed by atoms with Crippen LogP contribution in [0.3, 0.4) is 0 Å². The first-order valence-corrected chi connectivity index (χ1v) is 5.29. The molecule has 82 valence electrons. The molecule has 0 bridgehead atoms. The summed E-state index contributed by atoms with van der Waals surface area (Å²) in [4.78, 5) is 0. The summed E-state index contributed by atoms with van der Waals surface area (Å²) in [7, 11) is 3.55. The SMILES string of the molecule is COC1(C)C=CC(OC)(C(C)C)CC1. The van der Waals surface area contributed by atoms with Crippen LogP contribution in [0.15, 0.2) is 12.2 Å². The predicted octanol–water partition coefficient (Wildman–Crippen LogP) is 2.78. The Morgan fingerprint density at radius 1 is 1.07 bits per heavy atom. The second-order valence-electron chi connectivity index (χ2n) is 4.66. The molecule has 1 rings (SSSR count). The fraction of sp³-hybridized carbons (Fsp3) is 0.833. The van der Waals surface area contributed by atoms with Gasteiger partial charge in [-0.15, -0.1) is 0 Å². The van der Waals surface area contributed by atoms with Crippen molar-refractivity contribution in [1.82, 2.24) is 0 Å². The van der Waals surface area contributed by atoms with Gasteiger partial charge in [0.25, 0.3) is 0 Å². The van der Waals surface area contributed by atoms with Crippen molar-refractivity contribution in [1.29, 1.82) is 0 Å². The number of rotatable bonds is 3. The van der Waals surface area contributed by atoms with Crippen LogP contribution < -0.4 is 0 Å². The number of methoxy groups -OCH3 is 2. The third kappa shape index (κ3) is 2.01. The zero-order chi connectivity index (χ0) is 10.8. The van der Waals surface area contributed by atoms with Crippen LogP contribution in [0.2, 0.25) is 0 Å². The molecule has 0 spiro atoms. The van der Waals surface area contributed by atoms with Crippen molar-refractivity contribution in [2.75, 3.05) is 14.2 Å². The maximum absolute atomic E-state index is 5.64. The lowest BCUT2D eigenvalue weighted by molar-refractivity contribution is -0.0510. The number of hydrogen-bond donors (Lipinski definition) is 0. The van der Waals surface area contributed by atoms with Crippen LogP contribution in [0, 0.1) is 5.92 Å². The molecule has 0 radical (unpaired) electrons. The Hall–Kier alpha value is -0.340. The fourth-order valence-corrected chi connectivity index (χ4v) is 1.98. The van der Waals surface area contributed by atoms with Gasteiger partial charge in [-0.3, -0.25) is 0 Å². The van der Waals surface area contributed by atoms with Crippen molar-refractivity contribution in [3.63, 3.8) is 0 Å². The Morgan fingerprint density at radius 3 is 2.00 bits per heavy atom. The average molecular weight is 198 g/mol. The van der Waals surface area contributed by atoms with Crippen molar-refractivity contribution in [3.05, 3.63) is 12.2 Å². The quantitative estimate of drug-likeness (QED) is 0.649. The maximum atomic E-state index is 5.64. The van der Waals surface area contributed by atoms with Gasteiger partial charge in [-0.2, -0.15) is 0 Å². The minimum absolute atomic E-state index is 0.0853. The van der Waals surface area contributed by atoms with Crippen LogP contribution in [0.5, 0.6) is 0 Å². The first-order chi connectivity index (χ1) is 6.48. The Morgan fingerprint density at radius 2 is 1.71 bits per heavy atom. The Bertz CT molecular complexity index is 222. The summed E-state index contributed by atoms with van der Waals surface area (Å²) in [6.07, 6.45) is 6.36. The van der Waals surface area contributed by atoms with Crippen LogP contribution in [0.1, 0.15) is 33.6 Å². The van der Waals surface area contributed by atoms with Gasteiger partial charge < -0.3 is 9.47 Å². The molecule has 2 nitrogen and oxygen atoms in total. The summed E-state index contributed by atoms with van der Waals surface area (Å²) in [5, 5.41) is 0. The number of hydrogen-bond acceptors (Lipinski definition) is 2. The lowest BCUT2D eigenvalue weighted by Gasteiger charge is -2.41. The van der Waals surface area contributed by atoms with E-state index in [-0.39, 0.29) is 11.2 Å². The molecule has 0 N–H and O–H groups in total. The molecule has 2 atom stereocenters. The average Bonchev–Trinajstić information content (AvgIpc) is 2.19. The Labute approximate surface area is 87.3 Å². The van der Waals surface area contributed by atoms with Gasteiger partial charge in [-0.05, 0) is 25.7 Å². The molecule has 0 heterocycles. The highest BCUT2D eigenvalue weighted by Gasteiger charge is 2.38. The Balaban J connectivity index is 2.84. The third-order valence-electron chi connectivity index (χ3n) is 3.55. The molecule has 0 saturated carbocycles. The van der Waals surface area contributed by atoms with E-state index in [2.05, 4.69) is 32.9 Å². The second kappa shape index (κ2) is 4.03. The van der Waals surface area contributed by atoms with Gasteiger partial charge in [0, 0.05) is 14.2 Å². The van der Waals surface area contributed by atoms with Crippen LogP contribution in [-0.2, 0) is 9.47 Å². The fourth-order valence-electron chi connectivity index (χ4n) is 1.98. The van der Waals surface area contributed by atoms with Crippen LogP contribution in [0.4, 0.5) is 0 Å². The van der Waals surface area contributed by atoms with Gasteiger partial charge in [-0.1, -0.05) is 26.0 Å². The van der Waals surface area contributed by atoms with Crippen molar-refractivity contribution in [2.45, 2.75) is 44.8 Å². The molecular formula is C12H22O2. The van der Waals surface area contributed by atoms with E-state index in [0.29, 0.717) is 5.92 Å². The maximum Gasteiger partial charge on any atom is 0.0883 e. The molecule has 2 unspecified atom stereocenters. The van der Waals surface area contributed by atoms with Crippen molar-refractivity contribution in [2.24, 2.45) is 5.92 Å². The van der Waals surface area contributed by atoms with Crippen molar-refractivity contribution < 1.29 is 9.47 Å². The standard InChI is InChI=1S/C12H22O2/c1-10(2)12(14-5)8-6-11(3,13-4)7-9-12/h6,8,10H,7,9H2,1-5H3. The Kier molecular flexibility index (Phi) is 3.38. The molecule has 0 aromatic carbocycles. The largest absolute Gasteiger partial charge is 0.374 e. The summed E-state index contributed by atoms with van der Waals surface area (Å²) in [6, 6.07) is 0. The van der Waals surface area contributed by atoms with E-state index in [1.54, 1.807) is 14.2 Å². The van der Waals surface area contributed by atoms with Gasteiger partial charge in [0.15, 0.2) is 0 Å². The van der Waals surface area contributed by atoms with Gasteiger partial charge in [0.05, 0.1) is 11.2 Å². The lowest BCUT2D eigenvalue weighted by Crippen LogP contribution is -2.42. The second-order valence-corrected chi connectivity index (χ2v) is 4.66. The van der Waals surface area contributed by atoms with Crippen molar-refractivity contribution in [3.8, 4) is 0 Å². The topological polar surface area (TPSA) is 18.5 Å². The lowest BCUT2D eigenvalue weighted by atomic mass is 9.77. The minimum atomic E-state index is -0.100. The van der Waals surface area contributed by atoms with Crippen molar-refractivity contribution >= 4 is 0 Å². The first-order valence-electron chi connectivity index (χ1n) is 5.29. The molecule has 0 fully saturated rings. The zero-order valence-electron chi connectivity index (χ0n) is 9.96. The van der Waals surface area contributed by atoms with E-state index in [1.165, 1.54) is 0 Å². The van der Waals surface area contributed by atoms with Gasteiger partial charge in [0.1, 0.15) is 0 Å². The van der Waals surface area contributed by atoms with E-state index in [0.717, 1.165) is 12.8 Å². The first kappa shape index (κ1) is 11.7. The molecule has 0 aromatic heterocycles. The van der Waals surface area contributed by atoms with E-state index in [9.17, 15) is 0 Å². The highest BCUT2D eigenvalue weighted by Crippen LogP contribution is 2.37. The molecule has 2 heteroatoms. The monoisotopic (exact) mass is 198 g/mol. The summed E-state index contributed by atoms with van der Waals surface area (Å²) < 4.78 is 11.1. The number of ether oxygens (including phenoxy) is 2. The molecular weight excluding hydrogens is 176 g/mol.